The standard InChI is InChI=1S/C21H26FN3O4/c1-3-5-6-19(26)25-9-7-24(8-10-25)18-12-17-14(11-16(18)22)20(27)15(21(28)29)13-23(17)4-2/h11-13H,3-10H2,1-2H3,(H,28,29)/p-1. The van der Waals surface area contributed by atoms with Crippen LogP contribution in [-0.2, 0) is 11.3 Å². The Labute approximate surface area is 168 Å². The smallest absolute Gasteiger partial charge is 0.222 e. The maximum absolute atomic E-state index is 14.8. The lowest BCUT2D eigenvalue weighted by Crippen LogP contribution is -2.49. The maximum atomic E-state index is 14.8. The summed E-state index contributed by atoms with van der Waals surface area (Å²) in [6.07, 6.45) is 3.60. The molecule has 1 amide bonds. The van der Waals surface area contributed by atoms with Gasteiger partial charge < -0.3 is 24.3 Å². The number of benzene rings is 1. The van der Waals surface area contributed by atoms with Gasteiger partial charge >= 0.3 is 0 Å². The largest absolute Gasteiger partial charge is 0.545 e. The maximum Gasteiger partial charge on any atom is 0.222 e. The second kappa shape index (κ2) is 8.63. The zero-order chi connectivity index (χ0) is 21.1. The molecule has 1 aliphatic rings. The SMILES string of the molecule is CCCCC(=O)N1CCN(c2cc3c(cc2F)c(=O)c(C(=O)[O-])cn3CC)CC1. The Kier molecular flexibility index (Phi) is 6.20. The van der Waals surface area contributed by atoms with Gasteiger partial charge in [-0.1, -0.05) is 13.3 Å². The molecule has 8 heteroatoms. The number of carbonyl (C=O) groups excluding carboxylic acids is 2. The third kappa shape index (κ3) is 4.11. The van der Waals surface area contributed by atoms with Gasteiger partial charge in [-0.15, -0.1) is 0 Å². The van der Waals surface area contributed by atoms with Crippen LogP contribution in [0.1, 0.15) is 43.5 Å². The van der Waals surface area contributed by atoms with E-state index in [4.69, 9.17) is 0 Å². The Bertz CT molecular complexity index is 994. The van der Waals surface area contributed by atoms with E-state index in [-0.39, 0.29) is 11.3 Å². The Morgan fingerprint density at radius 3 is 2.41 bits per heavy atom. The normalized spacial score (nSPS) is 14.4. The second-order valence-corrected chi connectivity index (χ2v) is 7.24. The highest BCUT2D eigenvalue weighted by molar-refractivity contribution is 5.92. The number of hydrogen-bond donors (Lipinski definition) is 0. The topological polar surface area (TPSA) is 85.7 Å². The number of carboxylic acid groups (broad SMARTS) is 1. The van der Waals surface area contributed by atoms with Crippen molar-refractivity contribution in [2.24, 2.45) is 0 Å². The van der Waals surface area contributed by atoms with Crippen molar-refractivity contribution in [3.63, 3.8) is 0 Å². The molecule has 0 spiro atoms. The number of carboxylic acids is 1. The molecule has 2 aromatic rings. The summed E-state index contributed by atoms with van der Waals surface area (Å²) in [6, 6.07) is 2.69. The zero-order valence-corrected chi connectivity index (χ0v) is 16.7. The fraction of sp³-hybridized carbons (Fsp3) is 0.476. The Morgan fingerprint density at radius 2 is 1.83 bits per heavy atom. The van der Waals surface area contributed by atoms with Crippen molar-refractivity contribution < 1.29 is 19.1 Å². The van der Waals surface area contributed by atoms with Crippen LogP contribution < -0.4 is 15.4 Å². The molecule has 2 heterocycles. The van der Waals surface area contributed by atoms with E-state index in [0.29, 0.717) is 50.3 Å². The molecular formula is C21H25FN3O4-. The second-order valence-electron chi connectivity index (χ2n) is 7.24. The van der Waals surface area contributed by atoms with Gasteiger partial charge in [0, 0.05) is 50.7 Å². The minimum atomic E-state index is -1.58. The summed E-state index contributed by atoms with van der Waals surface area (Å²) in [4.78, 5) is 39.5. The summed E-state index contributed by atoms with van der Waals surface area (Å²) >= 11 is 0. The van der Waals surface area contributed by atoms with E-state index in [0.717, 1.165) is 18.9 Å². The van der Waals surface area contributed by atoms with Crippen molar-refractivity contribution in [1.82, 2.24) is 9.47 Å². The fourth-order valence-electron chi connectivity index (χ4n) is 3.73. The predicted molar refractivity (Wildman–Crippen MR) is 106 cm³/mol. The third-order valence-corrected chi connectivity index (χ3v) is 5.43. The molecule has 156 valence electrons. The molecule has 7 nitrogen and oxygen atoms in total. The molecule has 29 heavy (non-hydrogen) atoms. The van der Waals surface area contributed by atoms with E-state index in [1.54, 1.807) is 15.5 Å². The lowest BCUT2D eigenvalue weighted by molar-refractivity contribution is -0.255. The number of amides is 1. The van der Waals surface area contributed by atoms with E-state index in [2.05, 4.69) is 0 Å². The van der Waals surface area contributed by atoms with Gasteiger partial charge in [-0.2, -0.15) is 0 Å². The van der Waals surface area contributed by atoms with E-state index >= 15 is 0 Å². The highest BCUT2D eigenvalue weighted by Gasteiger charge is 2.23. The lowest BCUT2D eigenvalue weighted by Gasteiger charge is -2.36. The van der Waals surface area contributed by atoms with E-state index in [9.17, 15) is 23.9 Å². The molecule has 0 atom stereocenters. The summed E-state index contributed by atoms with van der Waals surface area (Å²) in [5, 5.41) is 11.2. The summed E-state index contributed by atoms with van der Waals surface area (Å²) in [5.41, 5.74) is -0.409. The molecule has 1 aromatic heterocycles. The first-order chi connectivity index (χ1) is 13.9. The number of fused-ring (bicyclic) bond motifs is 1. The number of nitrogens with zero attached hydrogens (tertiary/aromatic N) is 3. The van der Waals surface area contributed by atoms with Gasteiger partial charge in [-0.25, -0.2) is 4.39 Å². The highest BCUT2D eigenvalue weighted by atomic mass is 19.1. The van der Waals surface area contributed by atoms with Crippen molar-refractivity contribution >= 4 is 28.5 Å². The number of anilines is 1. The van der Waals surface area contributed by atoms with Gasteiger partial charge in [0.2, 0.25) is 5.91 Å². The number of hydrogen-bond acceptors (Lipinski definition) is 5. The molecule has 1 saturated heterocycles. The van der Waals surface area contributed by atoms with Crippen LogP contribution in [0.15, 0.2) is 23.1 Å². The summed E-state index contributed by atoms with van der Waals surface area (Å²) in [7, 11) is 0. The van der Waals surface area contributed by atoms with Crippen LogP contribution in [0.5, 0.6) is 0 Å². The van der Waals surface area contributed by atoms with E-state index in [1.807, 2.05) is 18.7 Å². The number of carbonyl (C=O) groups is 2. The van der Waals surface area contributed by atoms with Gasteiger partial charge in [-0.3, -0.25) is 9.59 Å². The molecule has 1 aliphatic heterocycles. The van der Waals surface area contributed by atoms with Crippen LogP contribution in [0.25, 0.3) is 10.9 Å². The number of rotatable bonds is 6. The lowest BCUT2D eigenvalue weighted by atomic mass is 10.1. The fourth-order valence-corrected chi connectivity index (χ4v) is 3.73. The summed E-state index contributed by atoms with van der Waals surface area (Å²) in [5.74, 6) is -2.04. The quantitative estimate of drug-likeness (QED) is 0.728. The van der Waals surface area contributed by atoms with E-state index < -0.39 is 22.8 Å². The number of piperazine rings is 1. The van der Waals surface area contributed by atoms with Crippen LogP contribution in [0.3, 0.4) is 0 Å². The predicted octanol–water partition coefficient (Wildman–Crippen LogP) is 1.36. The molecule has 3 rings (SSSR count). The molecule has 0 bridgehead atoms. The van der Waals surface area contributed by atoms with Crippen LogP contribution >= 0.6 is 0 Å². The molecule has 0 aliphatic carbocycles. The van der Waals surface area contributed by atoms with Crippen molar-refractivity contribution in [3.8, 4) is 0 Å². The van der Waals surface area contributed by atoms with Crippen molar-refractivity contribution in [2.45, 2.75) is 39.7 Å². The van der Waals surface area contributed by atoms with Gasteiger partial charge in [-0.05, 0) is 25.5 Å². The molecule has 1 aromatic carbocycles. The van der Waals surface area contributed by atoms with Gasteiger partial charge in [0.15, 0.2) is 5.43 Å². The van der Waals surface area contributed by atoms with E-state index in [1.165, 1.54) is 6.20 Å². The minimum absolute atomic E-state index is 0.0168. The first-order valence-electron chi connectivity index (χ1n) is 9.98. The number of unbranched alkanes of at least 4 members (excludes halogenated alkanes) is 1. The van der Waals surface area contributed by atoms with Crippen molar-refractivity contribution in [3.05, 3.63) is 39.9 Å². The van der Waals surface area contributed by atoms with Crippen LogP contribution in [0.2, 0.25) is 0 Å². The average molecular weight is 402 g/mol. The number of aryl methyl sites for hydroxylation is 1. The Morgan fingerprint density at radius 1 is 1.14 bits per heavy atom. The number of halogens is 1. The first kappa shape index (κ1) is 20.8. The first-order valence-corrected chi connectivity index (χ1v) is 9.98. The Balaban J connectivity index is 1.91. The van der Waals surface area contributed by atoms with Gasteiger partial charge in [0.05, 0.1) is 22.7 Å². The van der Waals surface area contributed by atoms with Crippen LogP contribution in [-0.4, -0.2) is 47.5 Å². The molecule has 0 N–H and O–H groups in total. The molecule has 0 unspecified atom stereocenters. The number of aromatic nitrogens is 1. The monoisotopic (exact) mass is 402 g/mol. The Hall–Kier alpha value is -2.90. The zero-order valence-electron chi connectivity index (χ0n) is 16.7. The van der Waals surface area contributed by atoms with Crippen LogP contribution in [0.4, 0.5) is 10.1 Å². The molecule has 1 fully saturated rings. The number of aromatic carboxylic acids is 1. The molecule has 0 radical (unpaired) electrons. The summed E-state index contributed by atoms with van der Waals surface area (Å²) < 4.78 is 16.4. The minimum Gasteiger partial charge on any atom is -0.545 e. The average Bonchev–Trinajstić information content (AvgIpc) is 2.72. The van der Waals surface area contributed by atoms with Crippen molar-refractivity contribution in [2.75, 3.05) is 31.1 Å². The van der Waals surface area contributed by atoms with Gasteiger partial charge in [0.25, 0.3) is 0 Å². The number of pyridine rings is 1. The molecular weight excluding hydrogens is 377 g/mol. The van der Waals surface area contributed by atoms with Crippen LogP contribution in [0, 0.1) is 5.82 Å². The summed E-state index contributed by atoms with van der Waals surface area (Å²) in [6.45, 7) is 6.30. The van der Waals surface area contributed by atoms with Gasteiger partial charge in [0.1, 0.15) is 5.82 Å². The molecule has 0 saturated carbocycles. The van der Waals surface area contributed by atoms with Crippen molar-refractivity contribution in [1.29, 1.82) is 0 Å². The highest BCUT2D eigenvalue weighted by Crippen LogP contribution is 2.26. The third-order valence-electron chi connectivity index (χ3n) is 5.43.